The minimum Gasteiger partial charge on any atom is -0.382 e. The molecular weight excluding hydrogens is 240 g/mol. The van der Waals surface area contributed by atoms with Gasteiger partial charge in [0.2, 0.25) is 0 Å². The zero-order valence-electron chi connectivity index (χ0n) is 11.7. The summed E-state index contributed by atoms with van der Waals surface area (Å²) in [5.41, 5.74) is 0.304. The molecule has 19 heavy (non-hydrogen) atoms. The monoisotopic (exact) mass is 262 g/mol. The predicted octanol–water partition coefficient (Wildman–Crippen LogP) is 2.07. The lowest BCUT2D eigenvalue weighted by Gasteiger charge is -2.28. The predicted molar refractivity (Wildman–Crippen MR) is 74.7 cm³/mol. The van der Waals surface area contributed by atoms with E-state index in [2.05, 4.69) is 11.4 Å². The van der Waals surface area contributed by atoms with Crippen molar-refractivity contribution in [2.45, 2.75) is 18.9 Å². The van der Waals surface area contributed by atoms with Gasteiger partial charge in [-0.25, -0.2) is 0 Å². The van der Waals surface area contributed by atoms with E-state index in [1.165, 1.54) is 0 Å². The van der Waals surface area contributed by atoms with Crippen molar-refractivity contribution in [1.29, 1.82) is 5.26 Å². The first-order chi connectivity index (χ1) is 9.29. The second-order valence-electron chi connectivity index (χ2n) is 4.27. The summed E-state index contributed by atoms with van der Waals surface area (Å²) in [6, 6.07) is 12.2. The van der Waals surface area contributed by atoms with Gasteiger partial charge >= 0.3 is 0 Å². The molecule has 104 valence electrons. The van der Waals surface area contributed by atoms with E-state index in [9.17, 15) is 5.26 Å². The van der Waals surface area contributed by atoms with Gasteiger partial charge in [-0.05, 0) is 12.1 Å². The van der Waals surface area contributed by atoms with Crippen molar-refractivity contribution in [3.8, 4) is 6.07 Å². The lowest BCUT2D eigenvalue weighted by Crippen LogP contribution is -2.42. The summed E-state index contributed by atoms with van der Waals surface area (Å²) in [6.07, 6.45) is 0.616. The van der Waals surface area contributed by atoms with Crippen LogP contribution in [0.15, 0.2) is 30.3 Å². The maximum absolute atomic E-state index is 9.57. The van der Waals surface area contributed by atoms with Crippen LogP contribution < -0.4 is 5.32 Å². The van der Waals surface area contributed by atoms with E-state index in [1.54, 1.807) is 7.11 Å². The molecule has 0 saturated carbocycles. The van der Waals surface area contributed by atoms with Crippen LogP contribution in [0.3, 0.4) is 0 Å². The first kappa shape index (κ1) is 15.6. The zero-order valence-corrected chi connectivity index (χ0v) is 11.7. The van der Waals surface area contributed by atoms with Gasteiger partial charge in [0.05, 0.1) is 19.3 Å². The molecule has 1 rings (SSSR count). The lowest BCUT2D eigenvalue weighted by molar-refractivity contribution is 0.0618. The number of benzene rings is 1. The molecule has 0 aliphatic carbocycles. The number of hydrogen-bond donors (Lipinski definition) is 1. The molecule has 4 nitrogen and oxygen atoms in total. The molecule has 1 N–H and O–H groups in total. The highest BCUT2D eigenvalue weighted by Gasteiger charge is 2.30. The molecule has 0 fully saturated rings. The highest BCUT2D eigenvalue weighted by atomic mass is 16.5. The van der Waals surface area contributed by atoms with Crippen molar-refractivity contribution in [1.82, 2.24) is 5.32 Å². The Bertz CT molecular complexity index is 389. The van der Waals surface area contributed by atoms with Crippen LogP contribution in [0.4, 0.5) is 0 Å². The van der Waals surface area contributed by atoms with Crippen molar-refractivity contribution in [3.05, 3.63) is 35.9 Å². The summed E-state index contributed by atoms with van der Waals surface area (Å²) < 4.78 is 10.4. The third-order valence-electron chi connectivity index (χ3n) is 2.99. The molecule has 0 bridgehead atoms. The number of nitrogens with one attached hydrogen (secondary N) is 1. The number of ether oxygens (including phenoxy) is 2. The van der Waals surface area contributed by atoms with Gasteiger partial charge in [0.25, 0.3) is 0 Å². The lowest BCUT2D eigenvalue weighted by atomic mass is 9.88. The number of nitrogens with zero attached hydrogens (tertiary/aromatic N) is 1. The van der Waals surface area contributed by atoms with Crippen LogP contribution in [0.5, 0.6) is 0 Å². The minimum absolute atomic E-state index is 0.527. The van der Waals surface area contributed by atoms with E-state index in [4.69, 9.17) is 9.47 Å². The standard InChI is InChI=1S/C15H22N2O2/c1-3-17-15(13-16,9-10-19-12-11-18-2)14-7-5-4-6-8-14/h4-8,17H,3,9-12H2,1-2H3. The van der Waals surface area contributed by atoms with E-state index in [0.717, 1.165) is 12.1 Å². The Hall–Kier alpha value is -1.41. The minimum atomic E-state index is -0.677. The first-order valence-corrected chi connectivity index (χ1v) is 6.57. The molecule has 0 aliphatic rings. The summed E-state index contributed by atoms with van der Waals surface area (Å²) in [4.78, 5) is 0. The third kappa shape index (κ3) is 4.64. The Kier molecular flexibility index (Phi) is 7.12. The van der Waals surface area contributed by atoms with Gasteiger partial charge < -0.3 is 9.47 Å². The summed E-state index contributed by atoms with van der Waals surface area (Å²) >= 11 is 0. The Morgan fingerprint density at radius 2 is 1.95 bits per heavy atom. The van der Waals surface area contributed by atoms with Gasteiger partial charge in [0.15, 0.2) is 0 Å². The molecule has 0 radical (unpaired) electrons. The highest BCUT2D eigenvalue weighted by molar-refractivity contribution is 5.31. The van der Waals surface area contributed by atoms with Crippen LogP contribution in [0, 0.1) is 11.3 Å². The second-order valence-corrected chi connectivity index (χ2v) is 4.27. The summed E-state index contributed by atoms with van der Waals surface area (Å²) in [6.45, 7) is 4.39. The van der Waals surface area contributed by atoms with Crippen LogP contribution in [0.25, 0.3) is 0 Å². The molecule has 0 amide bonds. The molecule has 4 heteroatoms. The van der Waals surface area contributed by atoms with Crippen molar-refractivity contribution in [2.24, 2.45) is 0 Å². The zero-order chi connectivity index (χ0) is 14.0. The normalized spacial score (nSPS) is 13.7. The van der Waals surface area contributed by atoms with Gasteiger partial charge in [-0.15, -0.1) is 0 Å². The van der Waals surface area contributed by atoms with E-state index in [0.29, 0.717) is 26.2 Å². The van der Waals surface area contributed by atoms with Crippen LogP contribution in [0.2, 0.25) is 0 Å². The molecule has 1 aromatic carbocycles. The number of rotatable bonds is 9. The van der Waals surface area contributed by atoms with E-state index in [1.807, 2.05) is 37.3 Å². The third-order valence-corrected chi connectivity index (χ3v) is 2.99. The van der Waals surface area contributed by atoms with Crippen LogP contribution in [-0.4, -0.2) is 33.5 Å². The molecule has 0 aromatic heterocycles. The van der Waals surface area contributed by atoms with Gasteiger partial charge in [-0.2, -0.15) is 5.26 Å². The Morgan fingerprint density at radius 1 is 1.21 bits per heavy atom. The molecule has 0 heterocycles. The van der Waals surface area contributed by atoms with Crippen molar-refractivity contribution < 1.29 is 9.47 Å². The quantitative estimate of drug-likeness (QED) is 0.692. The molecular formula is C15H22N2O2. The number of hydrogen-bond acceptors (Lipinski definition) is 4. The molecule has 0 spiro atoms. The first-order valence-electron chi connectivity index (χ1n) is 6.57. The van der Waals surface area contributed by atoms with Crippen LogP contribution in [-0.2, 0) is 15.0 Å². The van der Waals surface area contributed by atoms with Crippen molar-refractivity contribution in [3.63, 3.8) is 0 Å². The van der Waals surface area contributed by atoms with Crippen molar-refractivity contribution >= 4 is 0 Å². The average Bonchev–Trinajstić information content (AvgIpc) is 2.47. The maximum Gasteiger partial charge on any atom is 0.134 e. The Labute approximate surface area is 115 Å². The van der Waals surface area contributed by atoms with Gasteiger partial charge in [-0.3, -0.25) is 5.32 Å². The number of nitriles is 1. The van der Waals surface area contributed by atoms with Crippen LogP contribution in [0.1, 0.15) is 18.9 Å². The molecule has 1 unspecified atom stereocenters. The van der Waals surface area contributed by atoms with Gasteiger partial charge in [-0.1, -0.05) is 37.3 Å². The molecule has 0 aliphatic heterocycles. The Morgan fingerprint density at radius 3 is 2.53 bits per heavy atom. The van der Waals surface area contributed by atoms with E-state index < -0.39 is 5.54 Å². The summed E-state index contributed by atoms with van der Waals surface area (Å²) in [7, 11) is 1.64. The Balaban J connectivity index is 2.68. The SMILES string of the molecule is CCNC(C#N)(CCOCCOC)c1ccccc1. The fourth-order valence-electron chi connectivity index (χ4n) is 1.99. The second kappa shape index (κ2) is 8.65. The smallest absolute Gasteiger partial charge is 0.134 e. The molecule has 1 atom stereocenters. The summed E-state index contributed by atoms with van der Waals surface area (Å²) in [5, 5.41) is 12.9. The largest absolute Gasteiger partial charge is 0.382 e. The van der Waals surface area contributed by atoms with Gasteiger partial charge in [0.1, 0.15) is 5.54 Å². The molecule has 1 aromatic rings. The topological polar surface area (TPSA) is 54.3 Å². The van der Waals surface area contributed by atoms with Gasteiger partial charge in [0, 0.05) is 20.1 Å². The average molecular weight is 262 g/mol. The number of methoxy groups -OCH3 is 1. The van der Waals surface area contributed by atoms with E-state index in [-0.39, 0.29) is 0 Å². The van der Waals surface area contributed by atoms with E-state index >= 15 is 0 Å². The fourth-order valence-corrected chi connectivity index (χ4v) is 1.99. The highest BCUT2D eigenvalue weighted by Crippen LogP contribution is 2.24. The fraction of sp³-hybridized carbons (Fsp3) is 0.533. The maximum atomic E-state index is 9.57. The molecule has 0 saturated heterocycles. The van der Waals surface area contributed by atoms with Crippen LogP contribution >= 0.6 is 0 Å². The summed E-state index contributed by atoms with van der Waals surface area (Å²) in [5.74, 6) is 0. The van der Waals surface area contributed by atoms with Crippen molar-refractivity contribution in [2.75, 3.05) is 33.5 Å².